The van der Waals surface area contributed by atoms with E-state index in [2.05, 4.69) is 0 Å². The van der Waals surface area contributed by atoms with Crippen LogP contribution in [0.25, 0.3) is 0 Å². The molecule has 2 atom stereocenters. The summed E-state index contributed by atoms with van der Waals surface area (Å²) in [5.41, 5.74) is 6.38. The van der Waals surface area contributed by atoms with Crippen molar-refractivity contribution in [1.29, 1.82) is 0 Å². The maximum absolute atomic E-state index is 12.6. The minimum absolute atomic E-state index is 0.0304. The quantitative estimate of drug-likeness (QED) is 0.344. The normalized spacial score (nSPS) is 13.7. The first-order chi connectivity index (χ1) is 15.2. The Morgan fingerprint density at radius 1 is 0.970 bits per heavy atom. The average Bonchev–Trinajstić information content (AvgIpc) is 2.71. The van der Waals surface area contributed by atoms with Gasteiger partial charge in [-0.15, -0.1) is 0 Å². The second-order valence-electron chi connectivity index (χ2n) is 8.53. The summed E-state index contributed by atoms with van der Waals surface area (Å²) in [5.74, 6) is -0.880. The van der Waals surface area contributed by atoms with E-state index < -0.39 is 39.6 Å². The molecule has 10 heteroatoms. The van der Waals surface area contributed by atoms with Crippen LogP contribution in [-0.2, 0) is 19.1 Å². The molecule has 2 unspecified atom stereocenters. The lowest BCUT2D eigenvalue weighted by molar-refractivity contribution is -0.132. The van der Waals surface area contributed by atoms with Gasteiger partial charge in [-0.2, -0.15) is 8.42 Å². The molecule has 2 N–H and O–H groups in total. The van der Waals surface area contributed by atoms with Gasteiger partial charge < -0.3 is 19.9 Å². The molecular weight excluding hydrogens is 450 g/mol. The van der Waals surface area contributed by atoms with Gasteiger partial charge in [0.05, 0.1) is 18.9 Å². The van der Waals surface area contributed by atoms with E-state index in [1.54, 1.807) is 12.1 Å². The number of benzene rings is 2. The van der Waals surface area contributed by atoms with Gasteiger partial charge in [0.1, 0.15) is 11.9 Å². The highest BCUT2D eigenvalue weighted by molar-refractivity contribution is 7.86. The molecule has 180 valence electrons. The number of ether oxygens (including phenoxy) is 3. The summed E-state index contributed by atoms with van der Waals surface area (Å²) in [6, 6.07) is 9.80. The molecule has 2 aromatic carbocycles. The van der Waals surface area contributed by atoms with Crippen LogP contribution in [0, 0.1) is 5.41 Å². The highest BCUT2D eigenvalue weighted by Crippen LogP contribution is 2.37. The molecule has 0 radical (unpaired) electrons. The van der Waals surface area contributed by atoms with Gasteiger partial charge in [-0.3, -0.25) is 8.98 Å². The Balaban J connectivity index is 2.45. The monoisotopic (exact) mass is 479 g/mol. The number of hydrogen-bond donors (Lipinski definition) is 1. The highest BCUT2D eigenvalue weighted by Gasteiger charge is 2.34. The zero-order chi connectivity index (χ0) is 25.0. The predicted octanol–water partition coefficient (Wildman–Crippen LogP) is 3.23. The molecule has 0 bridgehead atoms. The maximum atomic E-state index is 12.6. The first-order valence-electron chi connectivity index (χ1n) is 10.0. The smallest absolute Gasteiger partial charge is 0.343 e. The van der Waals surface area contributed by atoms with Crippen molar-refractivity contribution < 1.29 is 36.4 Å². The Kier molecular flexibility index (Phi) is 8.23. The molecule has 2 aromatic rings. The fraction of sp³-hybridized carbons (Fsp3) is 0.391. The van der Waals surface area contributed by atoms with Crippen molar-refractivity contribution >= 4 is 22.1 Å². The molecule has 0 saturated carbocycles. The predicted molar refractivity (Wildman–Crippen MR) is 122 cm³/mol. The molecule has 0 fully saturated rings. The van der Waals surface area contributed by atoms with E-state index in [-0.39, 0.29) is 17.1 Å². The SMILES string of the molecule is COc1ccc(C(=O)Oc2ccc(C(OS(C)(=O)=O)C(N)C(C)(C)C)cc2OC(C)=O)cc1. The molecule has 0 heterocycles. The van der Waals surface area contributed by atoms with Crippen LogP contribution >= 0.6 is 0 Å². The number of carbonyl (C=O) groups is 2. The highest BCUT2D eigenvalue weighted by atomic mass is 32.2. The van der Waals surface area contributed by atoms with Crippen LogP contribution < -0.4 is 19.9 Å². The second kappa shape index (κ2) is 10.3. The standard InChI is InChI=1S/C23H29NO8S/c1-14(25)30-19-13-16(20(32-33(6,27)28)21(24)23(2,3)4)9-12-18(19)31-22(26)15-7-10-17(29-5)11-8-15/h7-13,20-21H,24H2,1-6H3. The molecule has 0 amide bonds. The van der Waals surface area contributed by atoms with Gasteiger partial charge in [0.15, 0.2) is 11.5 Å². The van der Waals surface area contributed by atoms with Crippen LogP contribution in [0.2, 0.25) is 0 Å². The second-order valence-corrected chi connectivity index (χ2v) is 10.1. The largest absolute Gasteiger partial charge is 0.497 e. The van der Waals surface area contributed by atoms with Gasteiger partial charge in [-0.05, 0) is 47.4 Å². The molecule has 9 nitrogen and oxygen atoms in total. The van der Waals surface area contributed by atoms with Crippen LogP contribution in [0.15, 0.2) is 42.5 Å². The lowest BCUT2D eigenvalue weighted by Gasteiger charge is -2.33. The Labute approximate surface area is 193 Å². The van der Waals surface area contributed by atoms with Gasteiger partial charge in [-0.25, -0.2) is 4.79 Å². The third kappa shape index (κ3) is 7.55. The van der Waals surface area contributed by atoms with Crippen LogP contribution in [0.1, 0.15) is 49.7 Å². The Bertz CT molecular complexity index is 1100. The summed E-state index contributed by atoms with van der Waals surface area (Å²) in [5, 5.41) is 0. The Morgan fingerprint density at radius 3 is 2.06 bits per heavy atom. The van der Waals surface area contributed by atoms with Gasteiger partial charge in [-0.1, -0.05) is 26.8 Å². The number of rotatable bonds is 8. The van der Waals surface area contributed by atoms with Gasteiger partial charge >= 0.3 is 11.9 Å². The van der Waals surface area contributed by atoms with Crippen molar-refractivity contribution in [2.45, 2.75) is 39.8 Å². The summed E-state index contributed by atoms with van der Waals surface area (Å²) in [6.45, 7) is 6.71. The first-order valence-corrected chi connectivity index (χ1v) is 11.9. The van der Waals surface area contributed by atoms with E-state index in [0.29, 0.717) is 11.3 Å². The van der Waals surface area contributed by atoms with E-state index in [1.165, 1.54) is 44.4 Å². The zero-order valence-corrected chi connectivity index (χ0v) is 20.3. The molecule has 0 aliphatic rings. The summed E-state index contributed by atoms with van der Waals surface area (Å²) < 4.78 is 44.8. The topological polar surface area (TPSA) is 131 Å². The third-order valence-corrected chi connectivity index (χ3v) is 5.24. The molecule has 0 aliphatic carbocycles. The van der Waals surface area contributed by atoms with E-state index in [4.69, 9.17) is 24.1 Å². The molecule has 0 aromatic heterocycles. The van der Waals surface area contributed by atoms with Crippen molar-refractivity contribution in [1.82, 2.24) is 0 Å². The van der Waals surface area contributed by atoms with Gasteiger partial charge in [0, 0.05) is 13.0 Å². The van der Waals surface area contributed by atoms with Gasteiger partial charge in [0.25, 0.3) is 10.1 Å². The first kappa shape index (κ1) is 26.3. The summed E-state index contributed by atoms with van der Waals surface area (Å²) in [7, 11) is -2.36. The van der Waals surface area contributed by atoms with Crippen molar-refractivity contribution in [3.8, 4) is 17.2 Å². The molecule has 0 saturated heterocycles. The van der Waals surface area contributed by atoms with Crippen molar-refractivity contribution in [3.05, 3.63) is 53.6 Å². The maximum Gasteiger partial charge on any atom is 0.343 e. The number of methoxy groups -OCH3 is 1. The number of esters is 2. The fourth-order valence-electron chi connectivity index (χ4n) is 2.87. The van der Waals surface area contributed by atoms with E-state index in [0.717, 1.165) is 6.26 Å². The summed E-state index contributed by atoms with van der Waals surface area (Å²) >= 11 is 0. The van der Waals surface area contributed by atoms with E-state index in [9.17, 15) is 18.0 Å². The van der Waals surface area contributed by atoms with Crippen LogP contribution in [0.3, 0.4) is 0 Å². The van der Waals surface area contributed by atoms with Crippen LogP contribution in [0.5, 0.6) is 17.2 Å². The molecule has 33 heavy (non-hydrogen) atoms. The lowest BCUT2D eigenvalue weighted by atomic mass is 9.82. The van der Waals surface area contributed by atoms with Crippen LogP contribution in [-0.4, -0.2) is 39.8 Å². The number of hydrogen-bond acceptors (Lipinski definition) is 9. The minimum atomic E-state index is -3.87. The number of carbonyl (C=O) groups excluding carboxylic acids is 2. The Hall–Kier alpha value is -2.95. The minimum Gasteiger partial charge on any atom is -0.497 e. The molecule has 0 spiro atoms. The fourth-order valence-corrected chi connectivity index (χ4v) is 3.48. The zero-order valence-electron chi connectivity index (χ0n) is 19.4. The number of nitrogens with two attached hydrogens (primary N) is 1. The molecule has 2 rings (SSSR count). The average molecular weight is 480 g/mol. The van der Waals surface area contributed by atoms with Crippen LogP contribution in [0.4, 0.5) is 0 Å². The van der Waals surface area contributed by atoms with Gasteiger partial charge in [0.2, 0.25) is 0 Å². The summed E-state index contributed by atoms with van der Waals surface area (Å²) in [6.07, 6.45) is -0.145. The summed E-state index contributed by atoms with van der Waals surface area (Å²) in [4.78, 5) is 24.2. The lowest BCUT2D eigenvalue weighted by Crippen LogP contribution is -2.42. The molecular formula is C23H29NO8S. The van der Waals surface area contributed by atoms with Crippen molar-refractivity contribution in [3.63, 3.8) is 0 Å². The van der Waals surface area contributed by atoms with Crippen molar-refractivity contribution in [2.75, 3.05) is 13.4 Å². The Morgan fingerprint density at radius 2 is 1.58 bits per heavy atom. The van der Waals surface area contributed by atoms with E-state index in [1.807, 2.05) is 20.8 Å². The van der Waals surface area contributed by atoms with E-state index >= 15 is 0 Å². The van der Waals surface area contributed by atoms with Crippen molar-refractivity contribution in [2.24, 2.45) is 11.1 Å². The third-order valence-electron chi connectivity index (χ3n) is 4.68. The molecule has 0 aliphatic heterocycles.